The maximum atomic E-state index is 5.62. The molecular formula is C18H20N2. The molecule has 0 atom stereocenters. The van der Waals surface area contributed by atoms with Crippen LogP contribution >= 0.6 is 0 Å². The van der Waals surface area contributed by atoms with Gasteiger partial charge in [0.1, 0.15) is 0 Å². The first kappa shape index (κ1) is 12.9. The molecule has 0 saturated carbocycles. The van der Waals surface area contributed by atoms with Crippen LogP contribution in [0.25, 0.3) is 10.9 Å². The summed E-state index contributed by atoms with van der Waals surface area (Å²) in [5, 5.41) is 1.36. The van der Waals surface area contributed by atoms with E-state index in [1.807, 2.05) is 0 Å². The van der Waals surface area contributed by atoms with Gasteiger partial charge in [0.15, 0.2) is 0 Å². The first-order valence-corrected chi connectivity index (χ1v) is 7.19. The number of rotatable bonds is 5. The molecule has 0 amide bonds. The Morgan fingerprint density at radius 2 is 1.75 bits per heavy atom. The number of aromatic nitrogens is 1. The van der Waals surface area contributed by atoms with Gasteiger partial charge in [-0.05, 0) is 42.6 Å². The molecule has 102 valence electrons. The fourth-order valence-electron chi connectivity index (χ4n) is 2.72. The maximum absolute atomic E-state index is 5.62. The quantitative estimate of drug-likeness (QED) is 0.750. The Morgan fingerprint density at radius 3 is 2.55 bits per heavy atom. The van der Waals surface area contributed by atoms with Crippen molar-refractivity contribution >= 4 is 10.9 Å². The zero-order valence-corrected chi connectivity index (χ0v) is 11.6. The molecule has 1 aromatic heterocycles. The number of hydrogen-bond acceptors (Lipinski definition) is 1. The number of benzene rings is 2. The molecule has 0 spiro atoms. The second-order valence-corrected chi connectivity index (χ2v) is 5.17. The van der Waals surface area contributed by atoms with Gasteiger partial charge in [-0.3, -0.25) is 0 Å². The minimum Gasteiger partial charge on any atom is -0.343 e. The van der Waals surface area contributed by atoms with Crippen molar-refractivity contribution in [2.75, 3.05) is 6.54 Å². The fourth-order valence-corrected chi connectivity index (χ4v) is 2.72. The van der Waals surface area contributed by atoms with Crippen LogP contribution in [0, 0.1) is 0 Å². The van der Waals surface area contributed by atoms with Gasteiger partial charge in [0.2, 0.25) is 0 Å². The SMILES string of the molecule is NCCCc1cccc2c1ccn2Cc1ccccc1. The zero-order valence-electron chi connectivity index (χ0n) is 11.6. The van der Waals surface area contributed by atoms with E-state index in [9.17, 15) is 0 Å². The lowest BCUT2D eigenvalue weighted by molar-refractivity contribution is 0.831. The molecule has 2 N–H and O–H groups in total. The number of aryl methyl sites for hydroxylation is 1. The molecule has 0 bridgehead atoms. The molecule has 0 aliphatic carbocycles. The third kappa shape index (κ3) is 2.61. The molecule has 2 nitrogen and oxygen atoms in total. The summed E-state index contributed by atoms with van der Waals surface area (Å²) in [7, 11) is 0. The van der Waals surface area contributed by atoms with Crippen molar-refractivity contribution in [2.45, 2.75) is 19.4 Å². The summed E-state index contributed by atoms with van der Waals surface area (Å²) >= 11 is 0. The molecule has 3 rings (SSSR count). The lowest BCUT2D eigenvalue weighted by atomic mass is 10.1. The van der Waals surface area contributed by atoms with Crippen LogP contribution in [-0.4, -0.2) is 11.1 Å². The lowest BCUT2D eigenvalue weighted by Gasteiger charge is -2.07. The highest BCUT2D eigenvalue weighted by Gasteiger charge is 2.05. The predicted molar refractivity (Wildman–Crippen MR) is 84.9 cm³/mol. The molecule has 2 aromatic carbocycles. The summed E-state index contributed by atoms with van der Waals surface area (Å²) in [6.07, 6.45) is 4.29. The largest absolute Gasteiger partial charge is 0.343 e. The van der Waals surface area contributed by atoms with E-state index in [-0.39, 0.29) is 0 Å². The summed E-state index contributed by atoms with van der Waals surface area (Å²) in [6.45, 7) is 1.67. The first-order valence-electron chi connectivity index (χ1n) is 7.19. The van der Waals surface area contributed by atoms with Crippen molar-refractivity contribution in [3.05, 3.63) is 71.9 Å². The summed E-state index contributed by atoms with van der Waals surface area (Å²) in [5.41, 5.74) is 9.66. The van der Waals surface area contributed by atoms with Crippen LogP contribution < -0.4 is 5.73 Å². The van der Waals surface area contributed by atoms with E-state index in [4.69, 9.17) is 5.73 Å². The van der Waals surface area contributed by atoms with E-state index in [0.29, 0.717) is 0 Å². The van der Waals surface area contributed by atoms with E-state index in [2.05, 4.69) is 65.4 Å². The van der Waals surface area contributed by atoms with Crippen LogP contribution in [0.4, 0.5) is 0 Å². The van der Waals surface area contributed by atoms with E-state index in [0.717, 1.165) is 25.9 Å². The molecule has 1 heterocycles. The zero-order chi connectivity index (χ0) is 13.8. The minimum absolute atomic E-state index is 0.751. The summed E-state index contributed by atoms with van der Waals surface area (Å²) in [4.78, 5) is 0. The van der Waals surface area contributed by atoms with Gasteiger partial charge in [0, 0.05) is 23.6 Å². The Labute approximate surface area is 119 Å². The number of nitrogens with zero attached hydrogens (tertiary/aromatic N) is 1. The first-order chi connectivity index (χ1) is 9.88. The predicted octanol–water partition coefficient (Wildman–Crippen LogP) is 3.58. The number of nitrogens with two attached hydrogens (primary N) is 1. The molecule has 20 heavy (non-hydrogen) atoms. The Balaban J connectivity index is 1.93. The topological polar surface area (TPSA) is 30.9 Å². The van der Waals surface area contributed by atoms with Crippen LogP contribution in [0.5, 0.6) is 0 Å². The highest BCUT2D eigenvalue weighted by molar-refractivity contribution is 5.83. The molecule has 0 fully saturated rings. The van der Waals surface area contributed by atoms with Crippen molar-refractivity contribution in [1.82, 2.24) is 4.57 Å². The average molecular weight is 264 g/mol. The molecule has 2 heteroatoms. The smallest absolute Gasteiger partial charge is 0.0486 e. The van der Waals surface area contributed by atoms with E-state index < -0.39 is 0 Å². The van der Waals surface area contributed by atoms with Gasteiger partial charge in [-0.2, -0.15) is 0 Å². The van der Waals surface area contributed by atoms with Gasteiger partial charge >= 0.3 is 0 Å². The molecular weight excluding hydrogens is 244 g/mol. The van der Waals surface area contributed by atoms with E-state index in [1.54, 1.807) is 0 Å². The normalized spacial score (nSPS) is 11.1. The third-order valence-corrected chi connectivity index (χ3v) is 3.75. The summed E-state index contributed by atoms with van der Waals surface area (Å²) in [6, 6.07) is 19.4. The van der Waals surface area contributed by atoms with Gasteiger partial charge in [0.05, 0.1) is 0 Å². The summed E-state index contributed by atoms with van der Waals surface area (Å²) < 4.78 is 2.32. The van der Waals surface area contributed by atoms with Gasteiger partial charge in [-0.25, -0.2) is 0 Å². The lowest BCUT2D eigenvalue weighted by Crippen LogP contribution is -2.01. The molecule has 0 aliphatic heterocycles. The second kappa shape index (κ2) is 5.93. The highest BCUT2D eigenvalue weighted by atomic mass is 14.9. The molecule has 0 unspecified atom stereocenters. The minimum atomic E-state index is 0.751. The van der Waals surface area contributed by atoms with Gasteiger partial charge in [-0.15, -0.1) is 0 Å². The van der Waals surface area contributed by atoms with Crippen LogP contribution in [0.15, 0.2) is 60.8 Å². The van der Waals surface area contributed by atoms with Crippen LogP contribution in [0.3, 0.4) is 0 Å². The van der Waals surface area contributed by atoms with Crippen LogP contribution in [0.1, 0.15) is 17.5 Å². The molecule has 0 aliphatic rings. The number of hydrogen-bond donors (Lipinski definition) is 1. The van der Waals surface area contributed by atoms with Gasteiger partial charge < -0.3 is 10.3 Å². The molecule has 0 radical (unpaired) electrons. The molecule has 3 aromatic rings. The fraction of sp³-hybridized carbons (Fsp3) is 0.222. The van der Waals surface area contributed by atoms with Gasteiger partial charge in [-0.1, -0.05) is 42.5 Å². The monoisotopic (exact) mass is 264 g/mol. The standard InChI is InChI=1S/C18H20N2/c19-12-5-9-16-8-4-10-18-17(16)11-13-20(18)14-15-6-2-1-3-7-15/h1-4,6-8,10-11,13H,5,9,12,14,19H2. The Kier molecular flexibility index (Phi) is 3.84. The van der Waals surface area contributed by atoms with E-state index in [1.165, 1.54) is 22.0 Å². The summed E-state index contributed by atoms with van der Waals surface area (Å²) in [5.74, 6) is 0. The maximum Gasteiger partial charge on any atom is 0.0486 e. The second-order valence-electron chi connectivity index (χ2n) is 5.17. The van der Waals surface area contributed by atoms with Gasteiger partial charge in [0.25, 0.3) is 0 Å². The van der Waals surface area contributed by atoms with Crippen molar-refractivity contribution in [1.29, 1.82) is 0 Å². The van der Waals surface area contributed by atoms with Crippen molar-refractivity contribution < 1.29 is 0 Å². The van der Waals surface area contributed by atoms with Crippen molar-refractivity contribution in [3.63, 3.8) is 0 Å². The van der Waals surface area contributed by atoms with Crippen molar-refractivity contribution in [3.8, 4) is 0 Å². The van der Waals surface area contributed by atoms with Crippen LogP contribution in [-0.2, 0) is 13.0 Å². The number of fused-ring (bicyclic) bond motifs is 1. The molecule has 0 saturated heterocycles. The van der Waals surface area contributed by atoms with E-state index >= 15 is 0 Å². The Bertz CT molecular complexity index is 683. The Hall–Kier alpha value is -2.06. The Morgan fingerprint density at radius 1 is 0.900 bits per heavy atom. The average Bonchev–Trinajstić information content (AvgIpc) is 2.90. The van der Waals surface area contributed by atoms with Crippen molar-refractivity contribution in [2.24, 2.45) is 5.73 Å². The third-order valence-electron chi connectivity index (χ3n) is 3.75. The van der Waals surface area contributed by atoms with Crippen LogP contribution in [0.2, 0.25) is 0 Å². The highest BCUT2D eigenvalue weighted by Crippen LogP contribution is 2.22.